The number of carboxylic acid groups (broad SMARTS) is 1. The molecule has 3 fully saturated rings. The number of carbonyl (C=O) groups excluding carboxylic acids is 1. The number of urea groups is 1. The Bertz CT molecular complexity index is 382. The van der Waals surface area contributed by atoms with E-state index in [-0.39, 0.29) is 18.4 Å². The lowest BCUT2D eigenvalue weighted by atomic mass is 10.0. The molecule has 5 atom stereocenters. The Balaban J connectivity index is 1.38. The molecule has 0 aliphatic heterocycles. The van der Waals surface area contributed by atoms with Gasteiger partial charge in [0.25, 0.3) is 0 Å². The maximum atomic E-state index is 11.8. The van der Waals surface area contributed by atoms with Crippen LogP contribution in [0.2, 0.25) is 0 Å². The molecule has 2 bridgehead atoms. The molecule has 3 N–H and O–H groups in total. The molecule has 3 rings (SSSR count). The molecule has 3 aliphatic carbocycles. The molecule has 0 saturated heterocycles. The van der Waals surface area contributed by atoms with Crippen LogP contribution in [0.3, 0.4) is 0 Å². The molecule has 0 spiro atoms. The second kappa shape index (κ2) is 4.69. The van der Waals surface area contributed by atoms with Crippen molar-refractivity contribution in [3.05, 3.63) is 0 Å². The van der Waals surface area contributed by atoms with Crippen molar-refractivity contribution in [3.63, 3.8) is 0 Å². The van der Waals surface area contributed by atoms with E-state index in [1.165, 1.54) is 19.3 Å². The van der Waals surface area contributed by atoms with Crippen LogP contribution in [0.4, 0.5) is 4.79 Å². The quantitative estimate of drug-likeness (QED) is 0.704. The molecule has 106 valence electrons. The molecule has 5 heteroatoms. The molecule has 0 aromatic heterocycles. The maximum Gasteiger partial charge on any atom is 0.315 e. The van der Waals surface area contributed by atoms with Gasteiger partial charge >= 0.3 is 12.0 Å². The molecular weight excluding hydrogens is 244 g/mol. The standard InChI is InChI=1S/C14H22N2O3/c1-7(4-10(17)18)6-15-14(19)16-13-11-8-2-3-9(5-8)12(11)13/h7-9,11-13H,2-6H2,1H3,(H,17,18)(H2,15,16,19). The third kappa shape index (κ3) is 2.42. The molecule has 5 nitrogen and oxygen atoms in total. The van der Waals surface area contributed by atoms with Gasteiger partial charge in [-0.3, -0.25) is 4.79 Å². The zero-order valence-electron chi connectivity index (χ0n) is 11.3. The summed E-state index contributed by atoms with van der Waals surface area (Å²) in [6.45, 7) is 2.26. The summed E-state index contributed by atoms with van der Waals surface area (Å²) in [5.41, 5.74) is 0. The van der Waals surface area contributed by atoms with Crippen molar-refractivity contribution in [1.29, 1.82) is 0 Å². The minimum Gasteiger partial charge on any atom is -0.481 e. The number of hydrogen-bond donors (Lipinski definition) is 3. The zero-order valence-corrected chi connectivity index (χ0v) is 11.3. The Kier molecular flexibility index (Phi) is 3.15. The van der Waals surface area contributed by atoms with Crippen molar-refractivity contribution in [2.45, 2.75) is 38.6 Å². The Hall–Kier alpha value is -1.26. The van der Waals surface area contributed by atoms with Crippen LogP contribution in [0.25, 0.3) is 0 Å². The van der Waals surface area contributed by atoms with Gasteiger partial charge in [-0.25, -0.2) is 4.79 Å². The molecule has 3 aliphatic rings. The van der Waals surface area contributed by atoms with Crippen LogP contribution in [0, 0.1) is 29.6 Å². The van der Waals surface area contributed by atoms with Gasteiger partial charge in [0.15, 0.2) is 0 Å². The number of nitrogens with one attached hydrogen (secondary N) is 2. The summed E-state index contributed by atoms with van der Waals surface area (Å²) < 4.78 is 0. The zero-order chi connectivity index (χ0) is 13.6. The van der Waals surface area contributed by atoms with E-state index in [1.807, 2.05) is 6.92 Å². The van der Waals surface area contributed by atoms with Gasteiger partial charge in [0.05, 0.1) is 0 Å². The van der Waals surface area contributed by atoms with Gasteiger partial charge in [0.1, 0.15) is 0 Å². The molecule has 0 aromatic carbocycles. The van der Waals surface area contributed by atoms with E-state index in [9.17, 15) is 9.59 Å². The fourth-order valence-electron chi connectivity index (χ4n) is 4.36. The summed E-state index contributed by atoms with van der Waals surface area (Å²) >= 11 is 0. The molecule has 3 saturated carbocycles. The number of amides is 2. The second-order valence-electron chi connectivity index (χ2n) is 6.57. The van der Waals surface area contributed by atoms with Gasteiger partial charge in [-0.15, -0.1) is 0 Å². The van der Waals surface area contributed by atoms with Crippen LogP contribution in [0.5, 0.6) is 0 Å². The predicted octanol–water partition coefficient (Wildman–Crippen LogP) is 1.44. The van der Waals surface area contributed by atoms with Crippen LogP contribution < -0.4 is 10.6 Å². The summed E-state index contributed by atoms with van der Waals surface area (Å²) in [5, 5.41) is 14.5. The van der Waals surface area contributed by atoms with Gasteiger partial charge in [-0.1, -0.05) is 6.92 Å². The smallest absolute Gasteiger partial charge is 0.315 e. The van der Waals surface area contributed by atoms with Gasteiger partial charge in [0.2, 0.25) is 0 Å². The lowest BCUT2D eigenvalue weighted by Gasteiger charge is -2.13. The molecule has 19 heavy (non-hydrogen) atoms. The lowest BCUT2D eigenvalue weighted by Crippen LogP contribution is -2.41. The fraction of sp³-hybridized carbons (Fsp3) is 0.857. The van der Waals surface area contributed by atoms with Crippen LogP contribution >= 0.6 is 0 Å². The third-order valence-corrected chi connectivity index (χ3v) is 5.17. The number of fused-ring (bicyclic) bond motifs is 5. The van der Waals surface area contributed by atoms with Crippen molar-refractivity contribution < 1.29 is 14.7 Å². The first-order chi connectivity index (χ1) is 9.06. The first kappa shape index (κ1) is 12.8. The van der Waals surface area contributed by atoms with Gasteiger partial charge in [0, 0.05) is 19.0 Å². The van der Waals surface area contributed by atoms with E-state index in [0.717, 1.165) is 23.7 Å². The highest BCUT2D eigenvalue weighted by Gasteiger charge is 2.65. The molecule has 2 amide bonds. The highest BCUT2D eigenvalue weighted by Crippen LogP contribution is 2.65. The average Bonchev–Trinajstić information content (AvgIpc) is 2.73. The summed E-state index contributed by atoms with van der Waals surface area (Å²) in [7, 11) is 0. The van der Waals surface area contributed by atoms with Crippen molar-refractivity contribution in [2.75, 3.05) is 6.54 Å². The largest absolute Gasteiger partial charge is 0.481 e. The maximum absolute atomic E-state index is 11.8. The summed E-state index contributed by atoms with van der Waals surface area (Å²) in [6.07, 6.45) is 4.17. The minimum atomic E-state index is -0.817. The first-order valence-electron chi connectivity index (χ1n) is 7.32. The van der Waals surface area contributed by atoms with Crippen LogP contribution in [0.1, 0.15) is 32.6 Å². The highest BCUT2D eigenvalue weighted by atomic mass is 16.4. The topological polar surface area (TPSA) is 78.4 Å². The summed E-state index contributed by atoms with van der Waals surface area (Å²) in [5.74, 6) is 2.33. The van der Waals surface area contributed by atoms with E-state index in [2.05, 4.69) is 10.6 Å². The number of carboxylic acids is 1. The van der Waals surface area contributed by atoms with E-state index in [1.54, 1.807) is 0 Å². The first-order valence-corrected chi connectivity index (χ1v) is 7.32. The fourth-order valence-corrected chi connectivity index (χ4v) is 4.36. The lowest BCUT2D eigenvalue weighted by molar-refractivity contribution is -0.137. The molecule has 5 unspecified atom stereocenters. The summed E-state index contributed by atoms with van der Waals surface area (Å²) in [4.78, 5) is 22.3. The summed E-state index contributed by atoms with van der Waals surface area (Å²) in [6, 6.07) is 0.261. The van der Waals surface area contributed by atoms with Gasteiger partial charge in [-0.05, 0) is 48.9 Å². The number of carbonyl (C=O) groups is 2. The van der Waals surface area contributed by atoms with Crippen molar-refractivity contribution in [2.24, 2.45) is 29.6 Å². The number of rotatable bonds is 5. The minimum absolute atomic E-state index is 0.0295. The average molecular weight is 266 g/mol. The Labute approximate surface area is 113 Å². The molecule has 0 heterocycles. The Morgan fingerprint density at radius 2 is 1.89 bits per heavy atom. The SMILES string of the molecule is CC(CNC(=O)NC1C2C3CCC(C3)C12)CC(=O)O. The van der Waals surface area contributed by atoms with Crippen LogP contribution in [-0.4, -0.2) is 29.7 Å². The number of hydrogen-bond acceptors (Lipinski definition) is 2. The number of aliphatic carboxylic acids is 1. The third-order valence-electron chi connectivity index (χ3n) is 5.17. The van der Waals surface area contributed by atoms with Crippen molar-refractivity contribution in [1.82, 2.24) is 10.6 Å². The van der Waals surface area contributed by atoms with E-state index in [4.69, 9.17) is 5.11 Å². The highest BCUT2D eigenvalue weighted by molar-refractivity contribution is 5.75. The second-order valence-corrected chi connectivity index (χ2v) is 6.57. The molecule has 0 radical (unpaired) electrons. The Morgan fingerprint density at radius 3 is 2.47 bits per heavy atom. The predicted molar refractivity (Wildman–Crippen MR) is 69.6 cm³/mol. The normalized spacial score (nSPS) is 39.5. The van der Waals surface area contributed by atoms with Crippen LogP contribution in [0.15, 0.2) is 0 Å². The molecule has 0 aromatic rings. The Morgan fingerprint density at radius 1 is 1.26 bits per heavy atom. The van der Waals surface area contributed by atoms with Crippen LogP contribution in [-0.2, 0) is 4.79 Å². The van der Waals surface area contributed by atoms with Crippen molar-refractivity contribution in [3.8, 4) is 0 Å². The van der Waals surface area contributed by atoms with Gasteiger partial charge < -0.3 is 15.7 Å². The van der Waals surface area contributed by atoms with E-state index < -0.39 is 5.97 Å². The van der Waals surface area contributed by atoms with E-state index in [0.29, 0.717) is 12.6 Å². The van der Waals surface area contributed by atoms with Crippen molar-refractivity contribution >= 4 is 12.0 Å². The monoisotopic (exact) mass is 266 g/mol. The molecular formula is C14H22N2O3. The van der Waals surface area contributed by atoms with E-state index >= 15 is 0 Å². The van der Waals surface area contributed by atoms with Gasteiger partial charge in [-0.2, -0.15) is 0 Å².